The number of nitrogens with zero attached hydrogens (tertiary/aromatic N) is 1. The number of halogens is 1. The average molecular weight is 301 g/mol. The zero-order valence-electron chi connectivity index (χ0n) is 11.0. The maximum atomic E-state index is 13.7. The molecular weight excluding hydrogens is 285 g/mol. The molecule has 0 aliphatic heterocycles. The van der Waals surface area contributed by atoms with Crippen LogP contribution in [0.4, 0.5) is 4.39 Å². The molecule has 7 heteroatoms. The van der Waals surface area contributed by atoms with Gasteiger partial charge in [0.05, 0.1) is 5.56 Å². The van der Waals surface area contributed by atoms with Crippen molar-refractivity contribution in [3.63, 3.8) is 0 Å². The Bertz CT molecular complexity index is 625. The van der Waals surface area contributed by atoms with Gasteiger partial charge < -0.3 is 5.11 Å². The van der Waals surface area contributed by atoms with Crippen molar-refractivity contribution in [2.45, 2.75) is 24.2 Å². The summed E-state index contributed by atoms with van der Waals surface area (Å²) in [5.74, 6) is -1.92. The van der Waals surface area contributed by atoms with Crippen LogP contribution in [0.1, 0.15) is 29.6 Å². The minimum Gasteiger partial charge on any atom is -0.478 e. The Kier molecular flexibility index (Phi) is 4.10. The molecule has 2 rings (SSSR count). The van der Waals surface area contributed by atoms with E-state index in [4.69, 9.17) is 5.11 Å². The topological polar surface area (TPSA) is 74.7 Å². The van der Waals surface area contributed by atoms with E-state index in [1.54, 1.807) is 0 Å². The molecule has 0 heterocycles. The minimum absolute atomic E-state index is 0.248. The first-order valence-electron chi connectivity index (χ1n) is 6.31. The van der Waals surface area contributed by atoms with Gasteiger partial charge >= 0.3 is 5.97 Å². The van der Waals surface area contributed by atoms with Crippen molar-refractivity contribution in [2.75, 3.05) is 13.6 Å². The van der Waals surface area contributed by atoms with Crippen LogP contribution < -0.4 is 0 Å². The molecule has 1 fully saturated rings. The molecule has 1 aliphatic rings. The van der Waals surface area contributed by atoms with Crippen LogP contribution in [0.15, 0.2) is 23.1 Å². The molecule has 0 radical (unpaired) electrons. The third kappa shape index (κ3) is 2.83. The first-order chi connectivity index (χ1) is 9.32. The first-order valence-corrected chi connectivity index (χ1v) is 7.75. The average Bonchev–Trinajstić information content (AvgIpc) is 2.33. The summed E-state index contributed by atoms with van der Waals surface area (Å²) in [5.41, 5.74) is -0.248. The fraction of sp³-hybridized carbons (Fsp3) is 0.462. The molecule has 1 N–H and O–H groups in total. The van der Waals surface area contributed by atoms with Gasteiger partial charge in [-0.1, -0.05) is 6.42 Å². The number of aromatic carboxylic acids is 1. The zero-order chi connectivity index (χ0) is 14.9. The molecule has 110 valence electrons. The van der Waals surface area contributed by atoms with Gasteiger partial charge in [0, 0.05) is 13.6 Å². The molecule has 0 unspecified atom stereocenters. The summed E-state index contributed by atoms with van der Waals surface area (Å²) in [6, 6.07) is 2.78. The van der Waals surface area contributed by atoms with Crippen LogP contribution in [0, 0.1) is 11.7 Å². The molecule has 20 heavy (non-hydrogen) atoms. The van der Waals surface area contributed by atoms with Crippen LogP contribution in [0.2, 0.25) is 0 Å². The number of sulfonamides is 1. The van der Waals surface area contributed by atoms with E-state index in [0.717, 1.165) is 41.8 Å². The second-order valence-electron chi connectivity index (χ2n) is 5.03. The Hall–Kier alpha value is -1.47. The number of carboxylic acid groups (broad SMARTS) is 1. The quantitative estimate of drug-likeness (QED) is 0.902. The van der Waals surface area contributed by atoms with Gasteiger partial charge in [0.15, 0.2) is 0 Å². The van der Waals surface area contributed by atoms with E-state index in [-0.39, 0.29) is 5.56 Å². The predicted molar refractivity (Wildman–Crippen MR) is 70.5 cm³/mol. The van der Waals surface area contributed by atoms with Crippen LogP contribution in [-0.2, 0) is 10.0 Å². The molecule has 5 nitrogen and oxygen atoms in total. The number of hydrogen-bond donors (Lipinski definition) is 1. The number of carboxylic acids is 1. The fourth-order valence-corrected chi connectivity index (χ4v) is 3.47. The van der Waals surface area contributed by atoms with Gasteiger partial charge in [0.25, 0.3) is 0 Å². The van der Waals surface area contributed by atoms with Crippen molar-refractivity contribution < 1.29 is 22.7 Å². The second kappa shape index (κ2) is 5.49. The van der Waals surface area contributed by atoms with Crippen LogP contribution in [0.3, 0.4) is 0 Å². The summed E-state index contributed by atoms with van der Waals surface area (Å²) in [7, 11) is -2.61. The smallest absolute Gasteiger partial charge is 0.335 e. The van der Waals surface area contributed by atoms with E-state index in [1.165, 1.54) is 7.05 Å². The van der Waals surface area contributed by atoms with Crippen molar-refractivity contribution in [2.24, 2.45) is 5.92 Å². The molecule has 1 aromatic carbocycles. The SMILES string of the molecule is CN(CC1CCC1)S(=O)(=O)c1cc(C(=O)O)ccc1F. The molecular formula is C13H16FNO4S. The third-order valence-corrected chi connectivity index (χ3v) is 5.44. The lowest BCUT2D eigenvalue weighted by Gasteiger charge is -2.29. The molecule has 1 aliphatic carbocycles. The monoisotopic (exact) mass is 301 g/mol. The standard InChI is InChI=1S/C13H16FNO4S/c1-15(8-9-3-2-4-9)20(18,19)12-7-10(13(16)17)5-6-11(12)14/h5-7,9H,2-4,8H2,1H3,(H,16,17). The highest BCUT2D eigenvalue weighted by atomic mass is 32.2. The minimum atomic E-state index is -4.00. The summed E-state index contributed by atoms with van der Waals surface area (Å²) in [5, 5.41) is 8.87. The molecule has 0 saturated heterocycles. The number of carbonyl (C=O) groups is 1. The number of benzene rings is 1. The van der Waals surface area contributed by atoms with E-state index in [2.05, 4.69) is 0 Å². The maximum Gasteiger partial charge on any atom is 0.335 e. The molecule has 1 aromatic rings. The molecule has 0 spiro atoms. The van der Waals surface area contributed by atoms with Gasteiger partial charge in [-0.15, -0.1) is 0 Å². The number of hydrogen-bond acceptors (Lipinski definition) is 3. The lowest BCUT2D eigenvalue weighted by atomic mass is 9.86. The van der Waals surface area contributed by atoms with Crippen molar-refractivity contribution in [3.05, 3.63) is 29.6 Å². The van der Waals surface area contributed by atoms with Gasteiger partial charge in [0.2, 0.25) is 10.0 Å². The largest absolute Gasteiger partial charge is 0.478 e. The summed E-state index contributed by atoms with van der Waals surface area (Å²) < 4.78 is 39.4. The predicted octanol–water partition coefficient (Wildman–Crippen LogP) is 1.94. The summed E-state index contributed by atoms with van der Waals surface area (Å²) in [6.45, 7) is 0.332. The molecule has 0 amide bonds. The van der Waals surface area contributed by atoms with Gasteiger partial charge in [-0.2, -0.15) is 0 Å². The van der Waals surface area contributed by atoms with Crippen LogP contribution >= 0.6 is 0 Å². The third-order valence-electron chi connectivity index (χ3n) is 3.61. The normalized spacial score (nSPS) is 16.1. The van der Waals surface area contributed by atoms with Crippen LogP contribution in [-0.4, -0.2) is 37.4 Å². The van der Waals surface area contributed by atoms with Crippen LogP contribution in [0.25, 0.3) is 0 Å². The van der Waals surface area contributed by atoms with Crippen molar-refractivity contribution in [1.29, 1.82) is 0 Å². The Labute approximate surface area is 117 Å². The van der Waals surface area contributed by atoms with Gasteiger partial charge in [0.1, 0.15) is 10.7 Å². The highest BCUT2D eigenvalue weighted by Crippen LogP contribution is 2.29. The lowest BCUT2D eigenvalue weighted by molar-refractivity contribution is 0.0696. The van der Waals surface area contributed by atoms with Gasteiger partial charge in [-0.05, 0) is 37.0 Å². The molecule has 0 atom stereocenters. The van der Waals surface area contributed by atoms with Crippen molar-refractivity contribution in [1.82, 2.24) is 4.31 Å². The zero-order valence-corrected chi connectivity index (χ0v) is 11.9. The Balaban J connectivity index is 2.32. The van der Waals surface area contributed by atoms with E-state index in [1.807, 2.05) is 0 Å². The summed E-state index contributed by atoms with van der Waals surface area (Å²) in [4.78, 5) is 10.3. The van der Waals surface area contributed by atoms with Gasteiger partial charge in [-0.3, -0.25) is 0 Å². The van der Waals surface area contributed by atoms with E-state index in [0.29, 0.717) is 12.5 Å². The maximum absolute atomic E-state index is 13.7. The highest BCUT2D eigenvalue weighted by molar-refractivity contribution is 7.89. The molecule has 0 aromatic heterocycles. The van der Waals surface area contributed by atoms with Gasteiger partial charge in [-0.25, -0.2) is 21.9 Å². The lowest BCUT2D eigenvalue weighted by Crippen LogP contribution is -2.34. The highest BCUT2D eigenvalue weighted by Gasteiger charge is 2.29. The number of rotatable bonds is 5. The van der Waals surface area contributed by atoms with E-state index < -0.39 is 26.7 Å². The van der Waals surface area contributed by atoms with Crippen molar-refractivity contribution >= 4 is 16.0 Å². The summed E-state index contributed by atoms with van der Waals surface area (Å²) in [6.07, 6.45) is 3.02. The first kappa shape index (κ1) is 14.9. The van der Waals surface area contributed by atoms with E-state index >= 15 is 0 Å². The van der Waals surface area contributed by atoms with Crippen LogP contribution in [0.5, 0.6) is 0 Å². The van der Waals surface area contributed by atoms with Crippen molar-refractivity contribution in [3.8, 4) is 0 Å². The Morgan fingerprint density at radius 1 is 1.45 bits per heavy atom. The van der Waals surface area contributed by atoms with E-state index in [9.17, 15) is 17.6 Å². The fourth-order valence-electron chi connectivity index (χ4n) is 2.14. The Morgan fingerprint density at radius 3 is 2.60 bits per heavy atom. The summed E-state index contributed by atoms with van der Waals surface area (Å²) >= 11 is 0. The second-order valence-corrected chi connectivity index (χ2v) is 7.05. The molecule has 1 saturated carbocycles. The Morgan fingerprint density at radius 2 is 2.10 bits per heavy atom. The molecule has 0 bridgehead atoms.